The van der Waals surface area contributed by atoms with E-state index >= 15 is 0 Å². The lowest BCUT2D eigenvalue weighted by molar-refractivity contribution is 0.668. The minimum absolute atomic E-state index is 0.838. The number of rotatable bonds is 12. The number of aromatic nitrogens is 1. The Morgan fingerprint density at radius 3 is 1.89 bits per heavy atom. The largest absolute Gasteiger partial charge is 0.389 e. The summed E-state index contributed by atoms with van der Waals surface area (Å²) in [5.41, 5.74) is 6.95. The number of aryl methyl sites for hydroxylation is 1. The highest BCUT2D eigenvalue weighted by Gasteiger charge is 1.99. The fourth-order valence-electron chi connectivity index (χ4n) is 3.24. The Hall–Kier alpha value is -3.33. The Kier molecular flexibility index (Phi) is 21.9. The van der Waals surface area contributed by atoms with Crippen molar-refractivity contribution < 1.29 is 0 Å². The Labute approximate surface area is 234 Å². The number of hydrogen-bond acceptors (Lipinski definition) is 3. The number of nitrogens with zero attached hydrogens (tertiary/aromatic N) is 1. The second-order valence-electron chi connectivity index (χ2n) is 9.04. The molecular weight excluding hydrogens is 462 g/mol. The van der Waals surface area contributed by atoms with Gasteiger partial charge < -0.3 is 10.6 Å². The second-order valence-corrected chi connectivity index (χ2v) is 9.04. The van der Waals surface area contributed by atoms with Gasteiger partial charge >= 0.3 is 0 Å². The van der Waals surface area contributed by atoms with Crippen LogP contribution in [0.5, 0.6) is 0 Å². The summed E-state index contributed by atoms with van der Waals surface area (Å²) >= 11 is 0. The van der Waals surface area contributed by atoms with E-state index < -0.39 is 0 Å². The summed E-state index contributed by atoms with van der Waals surface area (Å²) in [5.74, 6) is 0. The van der Waals surface area contributed by atoms with E-state index in [-0.39, 0.29) is 0 Å². The molecule has 0 unspecified atom stereocenters. The van der Waals surface area contributed by atoms with Crippen LogP contribution in [0.4, 0.5) is 0 Å². The fraction of sp³-hybridized carbons (Fsp3) is 0.400. The van der Waals surface area contributed by atoms with Crippen molar-refractivity contribution in [2.24, 2.45) is 0 Å². The van der Waals surface area contributed by atoms with Gasteiger partial charge in [0.25, 0.3) is 0 Å². The van der Waals surface area contributed by atoms with Gasteiger partial charge in [-0.3, -0.25) is 4.98 Å². The third-order valence-corrected chi connectivity index (χ3v) is 5.44. The molecule has 3 aromatic rings. The third-order valence-electron chi connectivity index (χ3n) is 5.44. The number of pyridine rings is 1. The van der Waals surface area contributed by atoms with Gasteiger partial charge in [0, 0.05) is 36.2 Å². The molecule has 0 saturated carbocycles. The average Bonchev–Trinajstić information content (AvgIpc) is 2.96. The summed E-state index contributed by atoms with van der Waals surface area (Å²) in [7, 11) is 0. The lowest BCUT2D eigenvalue weighted by Gasteiger charge is -2.09. The van der Waals surface area contributed by atoms with Crippen LogP contribution in [-0.4, -0.2) is 11.5 Å². The molecule has 1 heterocycles. The zero-order valence-electron chi connectivity index (χ0n) is 25.0. The summed E-state index contributed by atoms with van der Waals surface area (Å²) in [6.45, 7) is 22.2. The van der Waals surface area contributed by atoms with Crippen molar-refractivity contribution in [1.82, 2.24) is 15.6 Å². The van der Waals surface area contributed by atoms with Crippen LogP contribution in [0.1, 0.15) is 84.3 Å². The molecule has 0 aliphatic rings. The van der Waals surface area contributed by atoms with Gasteiger partial charge in [-0.1, -0.05) is 126 Å². The van der Waals surface area contributed by atoms with E-state index in [1.165, 1.54) is 43.2 Å². The van der Waals surface area contributed by atoms with Crippen LogP contribution in [0, 0.1) is 6.92 Å². The Morgan fingerprint density at radius 1 is 0.763 bits per heavy atom. The molecule has 1 aromatic heterocycles. The standard InChI is InChI=1S/C18H22N2.C8H17N.C7H8.C2H6/c1-3-4-7-15(2)20-14-16-9-11-17(12-10-16)18-8-5-6-13-19-18;1-4-5-6-7-9-8(2)3;1-7-5-3-2-4-6-7;1-2/h5-6,8-13,20H,2-4,7,14H2,1H3;9H,2,4-7H2,1,3H3;2-6H,1H3;1-2H3. The van der Waals surface area contributed by atoms with Gasteiger partial charge in [-0.25, -0.2) is 0 Å². The van der Waals surface area contributed by atoms with E-state index in [0.29, 0.717) is 0 Å². The van der Waals surface area contributed by atoms with E-state index in [4.69, 9.17) is 0 Å². The van der Waals surface area contributed by atoms with E-state index in [2.05, 4.69) is 85.9 Å². The highest BCUT2D eigenvalue weighted by Crippen LogP contribution is 2.17. The molecule has 0 bridgehead atoms. The first-order valence-electron chi connectivity index (χ1n) is 14.3. The second kappa shape index (κ2) is 24.0. The molecule has 0 radical (unpaired) electrons. The molecule has 2 aromatic carbocycles. The molecule has 0 saturated heterocycles. The first kappa shape index (κ1) is 34.7. The number of unbranched alkanes of at least 4 members (excludes halogenated alkanes) is 3. The molecule has 3 rings (SSSR count). The van der Waals surface area contributed by atoms with Gasteiger partial charge in [-0.2, -0.15) is 0 Å². The summed E-state index contributed by atoms with van der Waals surface area (Å²) in [6, 6.07) is 24.8. The summed E-state index contributed by atoms with van der Waals surface area (Å²) in [5, 5.41) is 6.57. The Morgan fingerprint density at radius 2 is 1.39 bits per heavy atom. The van der Waals surface area contributed by atoms with Crippen molar-refractivity contribution in [2.75, 3.05) is 6.54 Å². The van der Waals surface area contributed by atoms with Crippen LogP contribution in [0.25, 0.3) is 11.3 Å². The quantitative estimate of drug-likeness (QED) is 0.236. The fourth-order valence-corrected chi connectivity index (χ4v) is 3.24. The predicted molar refractivity (Wildman–Crippen MR) is 170 cm³/mol. The lowest BCUT2D eigenvalue weighted by Crippen LogP contribution is -2.11. The van der Waals surface area contributed by atoms with E-state index in [1.54, 1.807) is 0 Å². The van der Waals surface area contributed by atoms with Crippen LogP contribution < -0.4 is 10.6 Å². The van der Waals surface area contributed by atoms with E-state index in [1.807, 2.05) is 63.4 Å². The van der Waals surface area contributed by atoms with Gasteiger partial charge in [-0.15, -0.1) is 0 Å². The van der Waals surface area contributed by atoms with Gasteiger partial charge in [-0.05, 0) is 50.8 Å². The molecule has 0 aliphatic carbocycles. The minimum atomic E-state index is 0.838. The van der Waals surface area contributed by atoms with Gasteiger partial charge in [0.1, 0.15) is 0 Å². The monoisotopic (exact) mass is 515 g/mol. The Bertz CT molecular complexity index is 947. The molecule has 208 valence electrons. The number of benzene rings is 2. The first-order valence-corrected chi connectivity index (χ1v) is 14.3. The van der Waals surface area contributed by atoms with Gasteiger partial charge in [0.2, 0.25) is 0 Å². The molecule has 0 amide bonds. The maximum absolute atomic E-state index is 4.36. The molecule has 0 atom stereocenters. The molecule has 3 nitrogen and oxygen atoms in total. The summed E-state index contributed by atoms with van der Waals surface area (Å²) < 4.78 is 0. The predicted octanol–water partition coefficient (Wildman–Crippen LogP) is 9.86. The lowest BCUT2D eigenvalue weighted by atomic mass is 10.1. The van der Waals surface area contributed by atoms with Crippen molar-refractivity contribution in [2.45, 2.75) is 86.6 Å². The van der Waals surface area contributed by atoms with Crippen LogP contribution >= 0.6 is 0 Å². The highest BCUT2D eigenvalue weighted by atomic mass is 14.9. The first-order chi connectivity index (χ1) is 18.5. The minimum Gasteiger partial charge on any atom is -0.389 e. The normalized spacial score (nSPS) is 9.32. The third kappa shape index (κ3) is 18.9. The number of hydrogen-bond donors (Lipinski definition) is 2. The average molecular weight is 516 g/mol. The van der Waals surface area contributed by atoms with Crippen LogP contribution in [0.15, 0.2) is 104 Å². The van der Waals surface area contributed by atoms with Crippen molar-refractivity contribution >= 4 is 0 Å². The smallest absolute Gasteiger partial charge is 0.0701 e. The SMILES string of the molecule is C=C(C)NCCCCC.C=C(CCCC)NCc1ccc(-c2ccccn2)cc1.CC.Cc1ccccc1. The van der Waals surface area contributed by atoms with Crippen molar-refractivity contribution in [3.63, 3.8) is 0 Å². The number of allylic oxidation sites excluding steroid dienone is 2. The molecule has 0 spiro atoms. The zero-order chi connectivity index (χ0) is 28.4. The van der Waals surface area contributed by atoms with Gasteiger partial charge in [0.05, 0.1) is 5.69 Å². The Balaban J connectivity index is 0.000000628. The van der Waals surface area contributed by atoms with E-state index in [0.717, 1.165) is 42.2 Å². The topological polar surface area (TPSA) is 37.0 Å². The number of nitrogens with one attached hydrogen (secondary N) is 2. The zero-order valence-corrected chi connectivity index (χ0v) is 25.0. The van der Waals surface area contributed by atoms with Crippen LogP contribution in [-0.2, 0) is 6.54 Å². The van der Waals surface area contributed by atoms with Crippen molar-refractivity contribution in [1.29, 1.82) is 0 Å². The molecular formula is C35H53N3. The highest BCUT2D eigenvalue weighted by molar-refractivity contribution is 5.58. The molecule has 2 N–H and O–H groups in total. The van der Waals surface area contributed by atoms with Crippen molar-refractivity contribution in [3.8, 4) is 11.3 Å². The maximum Gasteiger partial charge on any atom is 0.0701 e. The molecule has 38 heavy (non-hydrogen) atoms. The van der Waals surface area contributed by atoms with Crippen LogP contribution in [0.3, 0.4) is 0 Å². The maximum atomic E-state index is 4.36. The molecule has 0 aliphatic heterocycles. The van der Waals surface area contributed by atoms with Gasteiger partial charge in [0.15, 0.2) is 0 Å². The summed E-state index contributed by atoms with van der Waals surface area (Å²) in [4.78, 5) is 4.36. The van der Waals surface area contributed by atoms with Crippen LogP contribution in [0.2, 0.25) is 0 Å². The summed E-state index contributed by atoms with van der Waals surface area (Å²) in [6.07, 6.45) is 9.16. The van der Waals surface area contributed by atoms with E-state index in [9.17, 15) is 0 Å². The molecule has 0 fully saturated rings. The molecule has 3 heteroatoms. The van der Waals surface area contributed by atoms with Crippen molar-refractivity contribution in [3.05, 3.63) is 115 Å².